The van der Waals surface area contributed by atoms with Gasteiger partial charge in [0.25, 0.3) is 0 Å². The van der Waals surface area contributed by atoms with E-state index in [1.54, 1.807) is 0 Å². The average Bonchev–Trinajstić information content (AvgIpc) is 2.91. The molecule has 0 aliphatic rings. The van der Waals surface area contributed by atoms with E-state index in [4.69, 9.17) is 9.84 Å². The Labute approximate surface area is 165 Å². The van der Waals surface area contributed by atoms with Gasteiger partial charge in [0.2, 0.25) is 5.91 Å². The molecule has 1 N–H and O–H groups in total. The van der Waals surface area contributed by atoms with Crippen LogP contribution >= 0.6 is 0 Å². The Hall–Kier alpha value is -2.67. The quantitative estimate of drug-likeness (QED) is 0.676. The van der Waals surface area contributed by atoms with Crippen molar-refractivity contribution in [1.82, 2.24) is 14.7 Å². The molecule has 0 unspecified atom stereocenters. The summed E-state index contributed by atoms with van der Waals surface area (Å²) in [6.07, 6.45) is 0.780. The molecule has 1 aromatic heterocycles. The first-order valence-corrected chi connectivity index (χ1v) is 9.38. The minimum atomic E-state index is -1.03. The van der Waals surface area contributed by atoms with Crippen molar-refractivity contribution in [1.29, 1.82) is 0 Å². The Morgan fingerprint density at radius 3 is 2.46 bits per heavy atom. The number of nitrogens with zero attached hydrogens (tertiary/aromatic N) is 3. The first-order valence-electron chi connectivity index (χ1n) is 9.38. The zero-order chi connectivity index (χ0) is 20.7. The SMILES string of the molecule is COCCN(CC(=O)O)C(=O)CCc1c(C)nn(Cc2ccc(C)cc2)c1C. The monoisotopic (exact) mass is 387 g/mol. The maximum absolute atomic E-state index is 12.5. The third kappa shape index (κ3) is 5.92. The molecule has 2 aromatic rings. The summed E-state index contributed by atoms with van der Waals surface area (Å²) in [5, 5.41) is 13.6. The van der Waals surface area contributed by atoms with Crippen molar-refractivity contribution in [2.75, 3.05) is 26.8 Å². The van der Waals surface area contributed by atoms with Crippen molar-refractivity contribution in [3.05, 3.63) is 52.3 Å². The normalized spacial score (nSPS) is 10.9. The molecule has 7 heteroatoms. The number of rotatable bonds is 10. The number of aryl methyl sites for hydroxylation is 2. The highest BCUT2D eigenvalue weighted by Gasteiger charge is 2.19. The Balaban J connectivity index is 2.05. The second-order valence-electron chi connectivity index (χ2n) is 6.99. The molecule has 7 nitrogen and oxygen atoms in total. The lowest BCUT2D eigenvalue weighted by Gasteiger charge is -2.20. The number of carboxylic acids is 1. The maximum Gasteiger partial charge on any atom is 0.323 e. The number of carbonyl (C=O) groups excluding carboxylic acids is 1. The molecule has 0 saturated carbocycles. The number of hydrogen-bond acceptors (Lipinski definition) is 4. The number of carboxylic acid groups (broad SMARTS) is 1. The molecule has 0 aliphatic carbocycles. The number of benzene rings is 1. The molecule has 1 heterocycles. The van der Waals surface area contributed by atoms with Crippen LogP contribution in [0.15, 0.2) is 24.3 Å². The lowest BCUT2D eigenvalue weighted by molar-refractivity contribution is -0.144. The summed E-state index contributed by atoms with van der Waals surface area (Å²) < 4.78 is 6.93. The van der Waals surface area contributed by atoms with Gasteiger partial charge in [0.1, 0.15) is 6.54 Å². The molecule has 0 aliphatic heterocycles. The minimum Gasteiger partial charge on any atom is -0.480 e. The molecule has 0 radical (unpaired) electrons. The van der Waals surface area contributed by atoms with E-state index < -0.39 is 5.97 Å². The number of methoxy groups -OCH3 is 1. The molecular weight excluding hydrogens is 358 g/mol. The van der Waals surface area contributed by atoms with Gasteiger partial charge in [-0.3, -0.25) is 14.3 Å². The predicted octanol–water partition coefficient (Wildman–Crippen LogP) is 2.35. The van der Waals surface area contributed by atoms with Gasteiger partial charge in [0.15, 0.2) is 0 Å². The van der Waals surface area contributed by atoms with Crippen molar-refractivity contribution in [3.63, 3.8) is 0 Å². The van der Waals surface area contributed by atoms with Crippen molar-refractivity contribution in [2.45, 2.75) is 40.2 Å². The molecule has 0 spiro atoms. The standard InChI is InChI=1S/C21H29N3O4/c1-15-5-7-18(8-6-15)13-24-17(3)19(16(2)22-24)9-10-20(25)23(11-12-28-4)14-21(26)27/h5-8H,9-14H2,1-4H3,(H,26,27). The molecule has 0 atom stereocenters. The number of amides is 1. The zero-order valence-corrected chi connectivity index (χ0v) is 17.1. The molecule has 152 valence electrons. The van der Waals surface area contributed by atoms with Gasteiger partial charge in [-0.15, -0.1) is 0 Å². The van der Waals surface area contributed by atoms with E-state index in [1.807, 2.05) is 18.5 Å². The van der Waals surface area contributed by atoms with Gasteiger partial charge in [-0.2, -0.15) is 5.10 Å². The van der Waals surface area contributed by atoms with Crippen LogP contribution in [0.4, 0.5) is 0 Å². The summed E-state index contributed by atoms with van der Waals surface area (Å²) in [5.74, 6) is -1.22. The fraction of sp³-hybridized carbons (Fsp3) is 0.476. The topological polar surface area (TPSA) is 84.7 Å². The molecule has 0 bridgehead atoms. The lowest BCUT2D eigenvalue weighted by Crippen LogP contribution is -2.38. The molecule has 2 rings (SSSR count). The second-order valence-corrected chi connectivity index (χ2v) is 6.99. The number of ether oxygens (including phenoxy) is 1. The summed E-state index contributed by atoms with van der Waals surface area (Å²) in [6.45, 7) is 6.96. The Bertz CT molecular complexity index is 812. The van der Waals surface area contributed by atoms with E-state index in [9.17, 15) is 9.59 Å². The second kappa shape index (κ2) is 10.0. The Morgan fingerprint density at radius 2 is 1.86 bits per heavy atom. The zero-order valence-electron chi connectivity index (χ0n) is 17.1. The van der Waals surface area contributed by atoms with Crippen molar-refractivity contribution < 1.29 is 19.4 Å². The largest absolute Gasteiger partial charge is 0.480 e. The summed E-state index contributed by atoms with van der Waals surface area (Å²) in [6, 6.07) is 8.35. The van der Waals surface area contributed by atoms with Gasteiger partial charge in [-0.25, -0.2) is 0 Å². The molecule has 1 amide bonds. The van der Waals surface area contributed by atoms with E-state index in [-0.39, 0.29) is 25.4 Å². The first-order chi connectivity index (χ1) is 13.3. The third-order valence-corrected chi connectivity index (χ3v) is 4.82. The Morgan fingerprint density at radius 1 is 1.18 bits per heavy atom. The third-order valence-electron chi connectivity index (χ3n) is 4.82. The minimum absolute atomic E-state index is 0.190. The van der Waals surface area contributed by atoms with Gasteiger partial charge >= 0.3 is 5.97 Å². The highest BCUT2D eigenvalue weighted by molar-refractivity contribution is 5.81. The van der Waals surface area contributed by atoms with Crippen LogP contribution in [-0.2, 0) is 27.3 Å². The molecular formula is C21H29N3O4. The van der Waals surface area contributed by atoms with E-state index in [0.29, 0.717) is 19.6 Å². The van der Waals surface area contributed by atoms with Gasteiger partial charge in [-0.1, -0.05) is 29.8 Å². The van der Waals surface area contributed by atoms with Crippen LogP contribution in [0.2, 0.25) is 0 Å². The molecule has 0 fully saturated rings. The first kappa shape index (κ1) is 21.6. The van der Waals surface area contributed by atoms with Crippen LogP contribution in [0.3, 0.4) is 0 Å². The van der Waals surface area contributed by atoms with Gasteiger partial charge in [0.05, 0.1) is 18.8 Å². The summed E-state index contributed by atoms with van der Waals surface area (Å²) in [4.78, 5) is 24.8. The fourth-order valence-corrected chi connectivity index (χ4v) is 3.16. The van der Waals surface area contributed by atoms with E-state index >= 15 is 0 Å². The predicted molar refractivity (Wildman–Crippen MR) is 106 cm³/mol. The van der Waals surface area contributed by atoms with Crippen molar-refractivity contribution in [2.24, 2.45) is 0 Å². The van der Waals surface area contributed by atoms with Crippen LogP contribution in [0, 0.1) is 20.8 Å². The van der Waals surface area contributed by atoms with E-state index in [2.05, 4.69) is 36.3 Å². The van der Waals surface area contributed by atoms with Crippen molar-refractivity contribution >= 4 is 11.9 Å². The average molecular weight is 387 g/mol. The molecule has 28 heavy (non-hydrogen) atoms. The van der Waals surface area contributed by atoms with Crippen LogP contribution in [0.1, 0.15) is 34.5 Å². The molecule has 1 aromatic carbocycles. The summed E-state index contributed by atoms with van der Waals surface area (Å²) in [5.41, 5.74) is 5.37. The van der Waals surface area contributed by atoms with E-state index in [1.165, 1.54) is 23.1 Å². The smallest absolute Gasteiger partial charge is 0.323 e. The lowest BCUT2D eigenvalue weighted by atomic mass is 10.1. The van der Waals surface area contributed by atoms with Gasteiger partial charge in [-0.05, 0) is 38.3 Å². The van der Waals surface area contributed by atoms with Crippen LogP contribution in [-0.4, -0.2) is 58.5 Å². The Kier molecular flexibility index (Phi) is 7.75. The highest BCUT2D eigenvalue weighted by atomic mass is 16.5. The number of carbonyl (C=O) groups is 2. The summed E-state index contributed by atoms with van der Waals surface area (Å²) >= 11 is 0. The van der Waals surface area contributed by atoms with Crippen molar-refractivity contribution in [3.8, 4) is 0 Å². The number of aliphatic carboxylic acids is 1. The maximum atomic E-state index is 12.5. The van der Waals surface area contributed by atoms with Gasteiger partial charge < -0.3 is 14.7 Å². The number of hydrogen-bond donors (Lipinski definition) is 1. The van der Waals surface area contributed by atoms with Crippen LogP contribution < -0.4 is 0 Å². The highest BCUT2D eigenvalue weighted by Crippen LogP contribution is 2.17. The summed E-state index contributed by atoms with van der Waals surface area (Å²) in [7, 11) is 1.53. The molecule has 0 saturated heterocycles. The fourth-order valence-electron chi connectivity index (χ4n) is 3.16. The van der Waals surface area contributed by atoms with Gasteiger partial charge in [0, 0.05) is 25.8 Å². The van der Waals surface area contributed by atoms with Crippen LogP contribution in [0.5, 0.6) is 0 Å². The number of aromatic nitrogens is 2. The van der Waals surface area contributed by atoms with E-state index in [0.717, 1.165) is 17.0 Å². The van der Waals surface area contributed by atoms with Crippen LogP contribution in [0.25, 0.3) is 0 Å².